The van der Waals surface area contributed by atoms with Crippen LogP contribution in [0.4, 0.5) is 0 Å². The molecule has 0 aliphatic carbocycles. The topological polar surface area (TPSA) is 86.6 Å². The molecule has 0 radical (unpaired) electrons. The summed E-state index contributed by atoms with van der Waals surface area (Å²) in [5.41, 5.74) is 0.207. The number of carboxylic acid groups (broad SMARTS) is 1. The number of nitrogens with one attached hydrogen (secondary N) is 1. The van der Waals surface area contributed by atoms with Gasteiger partial charge in [0.2, 0.25) is 0 Å². The predicted molar refractivity (Wildman–Crippen MR) is 62.0 cm³/mol. The molecule has 0 spiro atoms. The van der Waals surface area contributed by atoms with Gasteiger partial charge in [-0.05, 0) is 12.1 Å². The van der Waals surface area contributed by atoms with E-state index in [1.807, 2.05) is 0 Å². The van der Waals surface area contributed by atoms with Gasteiger partial charge in [0.05, 0.1) is 10.6 Å². The van der Waals surface area contributed by atoms with E-state index in [0.29, 0.717) is 0 Å². The molecule has 3 N–H and O–H groups in total. The van der Waals surface area contributed by atoms with Crippen LogP contribution in [-0.2, 0) is 4.79 Å². The summed E-state index contributed by atoms with van der Waals surface area (Å²) < 4.78 is 0. The molecule has 1 rings (SSSR count). The minimum absolute atomic E-state index is 0.0501. The summed E-state index contributed by atoms with van der Waals surface area (Å²) in [6.45, 7) is -0.320. The van der Waals surface area contributed by atoms with Crippen LogP contribution in [0.15, 0.2) is 24.3 Å². The van der Waals surface area contributed by atoms with E-state index in [9.17, 15) is 9.59 Å². The molecule has 1 atom stereocenters. The summed E-state index contributed by atoms with van der Waals surface area (Å²) in [5, 5.41) is 20.0. The third-order valence-corrected chi connectivity index (χ3v) is 2.47. The van der Waals surface area contributed by atoms with Crippen molar-refractivity contribution >= 4 is 23.5 Å². The van der Waals surface area contributed by atoms with Crippen molar-refractivity contribution in [2.24, 2.45) is 0 Å². The molecule has 0 bridgehead atoms. The molecule has 0 unspecified atom stereocenters. The van der Waals surface area contributed by atoms with E-state index < -0.39 is 17.9 Å². The van der Waals surface area contributed by atoms with Crippen LogP contribution in [-0.4, -0.2) is 34.7 Å². The molecule has 17 heavy (non-hydrogen) atoms. The van der Waals surface area contributed by atoms with Crippen LogP contribution in [0.1, 0.15) is 16.8 Å². The van der Waals surface area contributed by atoms with Crippen molar-refractivity contribution < 1.29 is 19.8 Å². The number of benzene rings is 1. The molecule has 5 nitrogen and oxygen atoms in total. The van der Waals surface area contributed by atoms with Gasteiger partial charge >= 0.3 is 5.97 Å². The second-order valence-electron chi connectivity index (χ2n) is 3.36. The minimum atomic E-state index is -1.19. The van der Waals surface area contributed by atoms with Crippen molar-refractivity contribution in [2.45, 2.75) is 12.5 Å². The standard InChI is InChI=1S/C11H12ClNO4/c12-8-4-2-1-3-7(8)10(15)13-9(5-6-14)11(16)17/h1-4,9,14H,5-6H2,(H,13,15)(H,16,17)/t9-/m1/s1. The zero-order valence-corrected chi connectivity index (χ0v) is 9.65. The molecule has 0 aromatic heterocycles. The van der Waals surface area contributed by atoms with Crippen LogP contribution >= 0.6 is 11.6 Å². The summed E-state index contributed by atoms with van der Waals surface area (Å²) in [7, 11) is 0. The summed E-state index contributed by atoms with van der Waals surface area (Å²) >= 11 is 5.80. The number of carbonyl (C=O) groups is 2. The van der Waals surface area contributed by atoms with Crippen LogP contribution in [0.25, 0.3) is 0 Å². The molecular weight excluding hydrogens is 246 g/mol. The molecule has 0 fully saturated rings. The molecule has 0 aliphatic heterocycles. The summed E-state index contributed by atoms with van der Waals surface area (Å²) in [6.07, 6.45) is -0.0501. The first-order valence-corrected chi connectivity index (χ1v) is 5.33. The fraction of sp³-hybridized carbons (Fsp3) is 0.273. The molecule has 1 aromatic carbocycles. The highest BCUT2D eigenvalue weighted by molar-refractivity contribution is 6.33. The van der Waals surface area contributed by atoms with E-state index in [2.05, 4.69) is 5.32 Å². The number of amides is 1. The average molecular weight is 258 g/mol. The molecule has 1 aromatic rings. The Morgan fingerprint density at radius 3 is 2.53 bits per heavy atom. The Morgan fingerprint density at radius 1 is 1.35 bits per heavy atom. The number of aliphatic hydroxyl groups excluding tert-OH is 1. The van der Waals surface area contributed by atoms with Crippen LogP contribution in [0.3, 0.4) is 0 Å². The lowest BCUT2D eigenvalue weighted by Crippen LogP contribution is -2.41. The maximum atomic E-state index is 11.7. The average Bonchev–Trinajstić information content (AvgIpc) is 2.28. The van der Waals surface area contributed by atoms with Crippen molar-refractivity contribution in [1.29, 1.82) is 0 Å². The van der Waals surface area contributed by atoms with Crippen molar-refractivity contribution in [3.05, 3.63) is 34.9 Å². The van der Waals surface area contributed by atoms with Gasteiger partial charge in [0, 0.05) is 13.0 Å². The highest BCUT2D eigenvalue weighted by Crippen LogP contribution is 2.14. The monoisotopic (exact) mass is 257 g/mol. The van der Waals surface area contributed by atoms with Crippen LogP contribution in [0, 0.1) is 0 Å². The van der Waals surface area contributed by atoms with Crippen molar-refractivity contribution in [3.8, 4) is 0 Å². The first kappa shape index (κ1) is 13.5. The molecule has 0 saturated heterocycles. The highest BCUT2D eigenvalue weighted by atomic mass is 35.5. The first-order chi connectivity index (χ1) is 8.06. The van der Waals surface area contributed by atoms with Gasteiger partial charge in [-0.1, -0.05) is 23.7 Å². The lowest BCUT2D eigenvalue weighted by atomic mass is 10.1. The lowest BCUT2D eigenvalue weighted by molar-refractivity contribution is -0.139. The fourth-order valence-electron chi connectivity index (χ4n) is 1.27. The van der Waals surface area contributed by atoms with Gasteiger partial charge < -0.3 is 15.5 Å². The third-order valence-electron chi connectivity index (χ3n) is 2.14. The van der Waals surface area contributed by atoms with E-state index in [-0.39, 0.29) is 23.6 Å². The van der Waals surface area contributed by atoms with Crippen molar-refractivity contribution in [3.63, 3.8) is 0 Å². The quantitative estimate of drug-likeness (QED) is 0.732. The third kappa shape index (κ3) is 3.72. The molecule has 0 saturated carbocycles. The molecular formula is C11H12ClNO4. The maximum Gasteiger partial charge on any atom is 0.326 e. The van der Waals surface area contributed by atoms with Crippen molar-refractivity contribution in [1.82, 2.24) is 5.32 Å². The number of aliphatic carboxylic acids is 1. The number of hydrogen-bond acceptors (Lipinski definition) is 3. The van der Waals surface area contributed by atoms with Gasteiger partial charge in [-0.15, -0.1) is 0 Å². The highest BCUT2D eigenvalue weighted by Gasteiger charge is 2.20. The first-order valence-electron chi connectivity index (χ1n) is 4.95. The number of aliphatic hydroxyl groups is 1. The fourth-order valence-corrected chi connectivity index (χ4v) is 1.49. The van der Waals surface area contributed by atoms with Crippen LogP contribution in [0.5, 0.6) is 0 Å². The van der Waals surface area contributed by atoms with Gasteiger partial charge in [-0.2, -0.15) is 0 Å². The molecule has 1 amide bonds. The molecule has 0 aliphatic rings. The number of rotatable bonds is 5. The summed E-state index contributed by atoms with van der Waals surface area (Å²) in [4.78, 5) is 22.5. The Labute approximate surface area is 103 Å². The Hall–Kier alpha value is -1.59. The van der Waals surface area contributed by atoms with Gasteiger partial charge in [-0.25, -0.2) is 4.79 Å². The maximum absolute atomic E-state index is 11.7. The second kappa shape index (κ2) is 6.22. The SMILES string of the molecule is O=C(N[C@H](CCO)C(=O)O)c1ccccc1Cl. The number of hydrogen-bond donors (Lipinski definition) is 3. The van der Waals surface area contributed by atoms with Crippen molar-refractivity contribution in [2.75, 3.05) is 6.61 Å². The Bertz CT molecular complexity index is 422. The number of halogens is 1. The summed E-state index contributed by atoms with van der Waals surface area (Å²) in [5.74, 6) is -1.77. The molecule has 92 valence electrons. The van der Waals surface area contributed by atoms with Gasteiger partial charge in [0.15, 0.2) is 0 Å². The van der Waals surface area contributed by atoms with E-state index in [0.717, 1.165) is 0 Å². The van der Waals surface area contributed by atoms with Crippen LogP contribution in [0.2, 0.25) is 5.02 Å². The second-order valence-corrected chi connectivity index (χ2v) is 3.76. The largest absolute Gasteiger partial charge is 0.480 e. The molecule has 0 heterocycles. The zero-order chi connectivity index (χ0) is 12.8. The van der Waals surface area contributed by atoms with E-state index in [4.69, 9.17) is 21.8 Å². The minimum Gasteiger partial charge on any atom is -0.480 e. The van der Waals surface area contributed by atoms with Crippen LogP contribution < -0.4 is 5.32 Å². The van der Waals surface area contributed by atoms with E-state index >= 15 is 0 Å². The number of carbonyl (C=O) groups excluding carboxylic acids is 1. The zero-order valence-electron chi connectivity index (χ0n) is 8.89. The smallest absolute Gasteiger partial charge is 0.326 e. The molecule has 6 heteroatoms. The number of carboxylic acids is 1. The van der Waals surface area contributed by atoms with Gasteiger partial charge in [0.1, 0.15) is 6.04 Å². The summed E-state index contributed by atoms with van der Waals surface area (Å²) in [6, 6.07) is 5.21. The predicted octanol–water partition coefficient (Wildman–Crippen LogP) is 0.905. The Kier molecular flexibility index (Phi) is 4.93. The van der Waals surface area contributed by atoms with Gasteiger partial charge in [-0.3, -0.25) is 4.79 Å². The normalized spacial score (nSPS) is 11.9. The Morgan fingerprint density at radius 2 is 2.00 bits per heavy atom. The Balaban J connectivity index is 2.77. The lowest BCUT2D eigenvalue weighted by Gasteiger charge is -2.13. The van der Waals surface area contributed by atoms with Gasteiger partial charge in [0.25, 0.3) is 5.91 Å². The van der Waals surface area contributed by atoms with E-state index in [1.54, 1.807) is 12.1 Å². The van der Waals surface area contributed by atoms with E-state index in [1.165, 1.54) is 12.1 Å².